The normalized spacial score (nSPS) is 12.3. The van der Waals surface area contributed by atoms with Crippen molar-refractivity contribution < 1.29 is 0 Å². The molecule has 7 aromatic rings. The average Bonchev–Trinajstić information content (AvgIpc) is 0.647. The predicted octanol–water partition coefficient (Wildman–Crippen LogP) is 18.6. The molecule has 0 atom stereocenters. The highest BCUT2D eigenvalue weighted by molar-refractivity contribution is 7.72. The van der Waals surface area contributed by atoms with Gasteiger partial charge in [0.2, 0.25) is 38.0 Å². The van der Waals surface area contributed by atoms with Crippen LogP contribution in [0, 0.1) is 31.6 Å². The quantitative estimate of drug-likeness (QED) is 0.0196. The van der Waals surface area contributed by atoms with Crippen molar-refractivity contribution in [2.75, 3.05) is 230 Å². The number of anilines is 7. The lowest BCUT2D eigenvalue weighted by molar-refractivity contribution is 0.285. The van der Waals surface area contributed by atoms with Gasteiger partial charge in [0.15, 0.2) is 0 Å². The smallest absolute Gasteiger partial charge is 0.220 e. The van der Waals surface area contributed by atoms with E-state index in [1.165, 1.54) is 12.8 Å². The van der Waals surface area contributed by atoms with Crippen LogP contribution in [0.25, 0.3) is 0 Å². The van der Waals surface area contributed by atoms with Gasteiger partial charge in [-0.3, -0.25) is 33.6 Å². The Balaban J connectivity index is 0.000000736. The Bertz CT molecular complexity index is 5020. The fraction of sp³-hybridized carbons (Fsp3) is 0.714. The first-order valence-corrected chi connectivity index (χ1v) is 48.7. The molecule has 28 heteroatoms. The van der Waals surface area contributed by atoms with E-state index in [0.29, 0.717) is 31.6 Å². The number of nitrogens with zero attached hydrogens (tertiary/aromatic N) is 8. The Hall–Kier alpha value is -5.18. The van der Waals surface area contributed by atoms with E-state index in [9.17, 15) is 33.6 Å². The topological polar surface area (TPSA) is 218 Å². The maximum absolute atomic E-state index is 11.9. The summed E-state index contributed by atoms with van der Waals surface area (Å²) in [5.74, 6) is 0. The van der Waals surface area contributed by atoms with E-state index in [1.54, 1.807) is 0 Å². The molecule has 6 N–H and O–H groups in total. The van der Waals surface area contributed by atoms with Gasteiger partial charge in [-0.05, 0) is 158 Å². The van der Waals surface area contributed by atoms with Crippen LogP contribution in [-0.2, 0) is 37.9 Å². The van der Waals surface area contributed by atoms with Crippen LogP contribution >= 0.6 is 85.5 Å². The Labute approximate surface area is 796 Å². The minimum atomic E-state index is -0.0557. The summed E-state index contributed by atoms with van der Waals surface area (Å²) < 4.78 is 3.56. The van der Waals surface area contributed by atoms with E-state index < -0.39 is 0 Å². The van der Waals surface area contributed by atoms with Gasteiger partial charge in [0.25, 0.3) is 0 Å². The Morgan fingerprint density at radius 1 is 0.222 bits per heavy atom. The molecular weight excluding hydrogens is 1710 g/mol. The lowest BCUT2D eigenvalue weighted by Gasteiger charge is -2.31. The van der Waals surface area contributed by atoms with Gasteiger partial charge in [0.05, 0.1) is 71.4 Å². The van der Waals surface area contributed by atoms with Crippen molar-refractivity contribution in [1.82, 2.24) is 34.3 Å². The summed E-state index contributed by atoms with van der Waals surface area (Å²) in [5.41, 5.74) is 12.1. The summed E-state index contributed by atoms with van der Waals surface area (Å²) in [4.78, 5) is 100. The highest BCUT2D eigenvalue weighted by Crippen LogP contribution is 2.37. The molecule has 0 unspecified atom stereocenters. The maximum atomic E-state index is 11.9. The number of likely N-dealkylation sites (N-methyl/N-ethyl adjacent to an activating group) is 7. The molecule has 0 amide bonds. The first-order chi connectivity index (χ1) is 58.0. The molecule has 0 aliphatic carbocycles. The van der Waals surface area contributed by atoms with Gasteiger partial charge in [-0.1, -0.05) is 293 Å². The van der Waals surface area contributed by atoms with Crippen LogP contribution in [0.3, 0.4) is 0 Å². The number of rotatable bonds is 41. The summed E-state index contributed by atoms with van der Waals surface area (Å²) in [6.07, 6.45) is 4.64. The van der Waals surface area contributed by atoms with E-state index in [2.05, 4.69) is 295 Å². The zero-order valence-corrected chi connectivity index (χ0v) is 90.6. The van der Waals surface area contributed by atoms with Crippen LogP contribution in [0.15, 0.2) is 33.6 Å². The van der Waals surface area contributed by atoms with Crippen molar-refractivity contribution in [1.29, 1.82) is 0 Å². The van der Waals surface area contributed by atoms with Crippen molar-refractivity contribution in [3.05, 3.63) is 142 Å². The molecule has 0 radical (unpaired) electrons. The third kappa shape index (κ3) is 35.4. The second-order valence-corrected chi connectivity index (χ2v) is 43.6. The Morgan fingerprint density at radius 3 is 0.675 bits per heavy atom. The van der Waals surface area contributed by atoms with Gasteiger partial charge in [-0.25, -0.2) is 0 Å². The van der Waals surface area contributed by atoms with Crippen LogP contribution in [0.4, 0.5) is 39.8 Å². The highest BCUT2D eigenvalue weighted by Gasteiger charge is 2.34. The number of hydrogen-bond donors (Lipinski definition) is 6. The predicted molar refractivity (Wildman–Crippen MR) is 566 cm³/mol. The average molecular weight is 1880 g/mol. The maximum Gasteiger partial charge on any atom is 0.220 e. The van der Waals surface area contributed by atoms with Crippen molar-refractivity contribution in [3.8, 4) is 0 Å². The van der Waals surface area contributed by atoms with Crippen molar-refractivity contribution in [3.63, 3.8) is 0 Å². The molecule has 0 aromatic heterocycles. The van der Waals surface area contributed by atoms with Crippen LogP contribution in [0.1, 0.15) is 272 Å². The zero-order chi connectivity index (χ0) is 97.6. The van der Waals surface area contributed by atoms with Gasteiger partial charge in [0.1, 0.15) is 0 Å². The highest BCUT2D eigenvalue weighted by atomic mass is 32.1. The lowest BCUT2D eigenvalue weighted by Crippen LogP contribution is -2.38. The van der Waals surface area contributed by atoms with Gasteiger partial charge in [0, 0.05) is 138 Å². The molecule has 714 valence electrons. The molecule has 126 heavy (non-hydrogen) atoms. The van der Waals surface area contributed by atoms with Crippen LogP contribution in [-0.4, -0.2) is 227 Å². The second-order valence-electron chi connectivity index (χ2n) is 40.8. The molecule has 7 rings (SSSR count). The molecular formula is C98H168N14O7S7. The molecule has 0 aliphatic rings. The van der Waals surface area contributed by atoms with Crippen molar-refractivity contribution in [2.24, 2.45) is 0 Å². The third-order valence-corrected chi connectivity index (χ3v) is 24.8. The molecule has 0 bridgehead atoms. The largest absolute Gasteiger partial charge is 0.380 e. The summed E-state index contributed by atoms with van der Waals surface area (Å²) in [5, 5.41) is 19.5. The monoisotopic (exact) mass is 1880 g/mol. The molecule has 0 fully saturated rings. The van der Waals surface area contributed by atoms with E-state index in [-0.39, 0.29) is 75.9 Å². The number of nitrogens with one attached hydrogen (secondary N) is 6. The molecule has 7 aromatic carbocycles. The van der Waals surface area contributed by atoms with Crippen molar-refractivity contribution >= 4 is 125 Å². The van der Waals surface area contributed by atoms with Gasteiger partial charge in [-0.2, -0.15) is 0 Å². The van der Waals surface area contributed by atoms with E-state index >= 15 is 0 Å². The van der Waals surface area contributed by atoms with Crippen LogP contribution in [0.5, 0.6) is 0 Å². The standard InChI is InChI=1S/C16H28N2OS.C15H26N2OS.3C14H24N2OS.C13H22N2OS.C12H20N2OS/c1-6-9-18(10-7-2)11-8-17-13-12(16(3,4)5)15(20)14(13)19;1-6-9-17(7-2)10-8-16-12-11(15(3,4)5)14(19)13(12)18;1-7-15(5)8-9-16(6)11-10(14(2,3)4)13(18)12(11)17;1-6-8-16(5)9-7-15-11-10(14(2,3)4)13(18)12(11)17;1-6-16(7-2)9-8-15-11-10(14(3,4)5)13(18)12(11)17;1-6-15(5)8-7-14-10-9(13(2,3)4)12(17)11(10)16;1-12(2,3)8-9(10(15)11(8)16)13-6-7-14(4)5/h17H,6-11H2,1-5H3;16H,6-10H2,1-5H3;7-9H2,1-6H3;2*15H,6-9H2,1-5H3;14H,6-8H2,1-5H3;13H,6-7H2,1-5H3. The summed E-state index contributed by atoms with van der Waals surface area (Å²) in [6, 6.07) is 0. The first kappa shape index (κ1) is 119. The van der Waals surface area contributed by atoms with E-state index in [4.69, 9.17) is 85.5 Å². The number of hydrogen-bond acceptors (Lipinski definition) is 28. The molecule has 0 aliphatic heterocycles. The molecule has 0 saturated carbocycles. The Kier molecular flexibility index (Phi) is 50.5. The lowest BCUT2D eigenvalue weighted by atomic mass is 9.82. The van der Waals surface area contributed by atoms with Crippen LogP contribution < -0.4 is 74.8 Å². The molecule has 0 spiro atoms. The molecule has 21 nitrogen and oxygen atoms in total. The minimum absolute atomic E-state index is 0.00122. The summed E-state index contributed by atoms with van der Waals surface area (Å²) in [6.45, 7) is 85.2. The van der Waals surface area contributed by atoms with E-state index in [1.807, 2.05) is 26.0 Å². The van der Waals surface area contributed by atoms with Crippen LogP contribution in [0.2, 0.25) is 0 Å². The van der Waals surface area contributed by atoms with Gasteiger partial charge < -0.3 is 71.1 Å². The van der Waals surface area contributed by atoms with E-state index in [0.717, 1.165) is 242 Å². The third-order valence-electron chi connectivity index (χ3n) is 22.1. The first-order valence-electron chi connectivity index (χ1n) is 45.9. The fourth-order valence-electron chi connectivity index (χ4n) is 14.8. The molecule has 0 saturated heterocycles. The van der Waals surface area contributed by atoms with Gasteiger partial charge in [-0.15, -0.1) is 0 Å². The minimum Gasteiger partial charge on any atom is -0.380 e. The molecule has 0 heterocycles. The fourth-order valence-corrected chi connectivity index (χ4v) is 18.3. The summed E-state index contributed by atoms with van der Waals surface area (Å²) in [7, 11) is 12.2. The summed E-state index contributed by atoms with van der Waals surface area (Å²) >= 11 is 36.0. The zero-order valence-electron chi connectivity index (χ0n) is 84.9. The second kappa shape index (κ2) is 53.5. The van der Waals surface area contributed by atoms with Crippen molar-refractivity contribution in [2.45, 2.75) is 271 Å². The van der Waals surface area contributed by atoms with Gasteiger partial charge >= 0.3 is 0 Å². The Morgan fingerprint density at radius 2 is 0.437 bits per heavy atom. The SMILES string of the molecule is CCCN(C)CCNc1c(C(C)(C)C)c(=S)c1=O.CCCN(CC)CCNc1c(C(C)(C)C)c(=S)c1=O.CCCN(CCC)CCNc1c(C(C)(C)C)c(=S)c1=O.CCN(C)CCN(C)c1c(C(C)(C)C)c(=S)c1=O.CCN(C)CCNc1c(C(C)(C)C)c(=S)c1=O.CCN(CC)CCNc1c(C(C)(C)C)c(=S)c1=O.CN(C)CCNc1c(C(C)(C)C)c(=S)c1=O.